The van der Waals surface area contributed by atoms with Crippen LogP contribution in [0.1, 0.15) is 28.1 Å². The van der Waals surface area contributed by atoms with Gasteiger partial charge in [0.2, 0.25) is 0 Å². The van der Waals surface area contributed by atoms with Gasteiger partial charge >= 0.3 is 0 Å². The highest BCUT2D eigenvalue weighted by atomic mass is 32.1. The maximum atomic E-state index is 11.8. The van der Waals surface area contributed by atoms with Crippen molar-refractivity contribution in [2.75, 3.05) is 19.7 Å². The lowest BCUT2D eigenvalue weighted by atomic mass is 10.2. The minimum Gasteiger partial charge on any atom is -0.494 e. The van der Waals surface area contributed by atoms with Gasteiger partial charge in [-0.2, -0.15) is 5.26 Å². The highest BCUT2D eigenvalue weighted by Gasteiger charge is 2.04. The number of hydrogen-bond acceptors (Lipinski definition) is 5. The van der Waals surface area contributed by atoms with Crippen LogP contribution in [0, 0.1) is 11.3 Å². The smallest absolute Gasteiger partial charge is 0.261 e. The highest BCUT2D eigenvalue weighted by molar-refractivity contribution is 7.12. The fraction of sp³-hybridized carbons (Fsp3) is 0.333. The molecule has 1 aromatic carbocycles. The molecule has 0 bridgehead atoms. The van der Waals surface area contributed by atoms with E-state index in [0.29, 0.717) is 32.7 Å². The SMILES string of the molecule is N#CCCCOc1cccc(CNCCNC(=O)c2cccs2)c1. The van der Waals surface area contributed by atoms with Gasteiger partial charge < -0.3 is 15.4 Å². The molecule has 0 saturated heterocycles. The molecule has 6 heteroatoms. The van der Waals surface area contributed by atoms with Gasteiger partial charge in [-0.15, -0.1) is 11.3 Å². The number of unbranched alkanes of at least 4 members (excludes halogenated alkanes) is 1. The summed E-state index contributed by atoms with van der Waals surface area (Å²) in [7, 11) is 0. The molecule has 1 heterocycles. The molecule has 0 aliphatic rings. The number of carbonyl (C=O) groups is 1. The van der Waals surface area contributed by atoms with Crippen LogP contribution in [0.3, 0.4) is 0 Å². The summed E-state index contributed by atoms with van der Waals surface area (Å²) in [5.74, 6) is 0.790. The Labute approximate surface area is 146 Å². The van der Waals surface area contributed by atoms with Crippen LogP contribution in [0.2, 0.25) is 0 Å². The van der Waals surface area contributed by atoms with Crippen LogP contribution in [0.5, 0.6) is 5.75 Å². The molecule has 5 nitrogen and oxygen atoms in total. The molecule has 1 aromatic heterocycles. The highest BCUT2D eigenvalue weighted by Crippen LogP contribution is 2.13. The van der Waals surface area contributed by atoms with Gasteiger partial charge in [0.15, 0.2) is 0 Å². The topological polar surface area (TPSA) is 74.2 Å². The lowest BCUT2D eigenvalue weighted by Gasteiger charge is -2.09. The first-order valence-corrected chi connectivity index (χ1v) is 8.78. The van der Waals surface area contributed by atoms with Crippen molar-refractivity contribution in [3.63, 3.8) is 0 Å². The number of amides is 1. The molecular weight excluding hydrogens is 322 g/mol. The Morgan fingerprint density at radius 3 is 2.96 bits per heavy atom. The number of carbonyl (C=O) groups excluding carboxylic acids is 1. The van der Waals surface area contributed by atoms with Crippen LogP contribution in [0.15, 0.2) is 41.8 Å². The zero-order valence-corrected chi connectivity index (χ0v) is 14.3. The first-order chi connectivity index (χ1) is 11.8. The zero-order chi connectivity index (χ0) is 17.0. The van der Waals surface area contributed by atoms with E-state index in [9.17, 15) is 4.79 Å². The third-order valence-corrected chi connectivity index (χ3v) is 4.13. The van der Waals surface area contributed by atoms with Crippen LogP contribution in [0.4, 0.5) is 0 Å². The predicted octanol–water partition coefficient (Wildman–Crippen LogP) is 2.95. The van der Waals surface area contributed by atoms with Gasteiger partial charge in [0, 0.05) is 26.1 Å². The van der Waals surface area contributed by atoms with Gasteiger partial charge in [0.05, 0.1) is 17.6 Å². The number of ether oxygens (including phenoxy) is 1. The Balaban J connectivity index is 1.63. The maximum Gasteiger partial charge on any atom is 0.261 e. The van der Waals surface area contributed by atoms with Gasteiger partial charge in [-0.05, 0) is 35.6 Å². The number of thiophene rings is 1. The Kier molecular flexibility index (Phi) is 7.81. The van der Waals surface area contributed by atoms with Crippen molar-refractivity contribution >= 4 is 17.2 Å². The molecule has 2 rings (SSSR count). The Morgan fingerprint density at radius 2 is 2.17 bits per heavy atom. The molecule has 0 saturated carbocycles. The molecular formula is C18H21N3O2S. The van der Waals surface area contributed by atoms with Crippen LogP contribution >= 0.6 is 11.3 Å². The summed E-state index contributed by atoms with van der Waals surface area (Å²) in [5.41, 5.74) is 1.12. The molecule has 0 spiro atoms. The van der Waals surface area contributed by atoms with E-state index in [-0.39, 0.29) is 5.91 Å². The lowest BCUT2D eigenvalue weighted by molar-refractivity contribution is 0.0958. The number of nitrogens with one attached hydrogen (secondary N) is 2. The maximum absolute atomic E-state index is 11.8. The second-order valence-electron chi connectivity index (χ2n) is 5.17. The Bertz CT molecular complexity index is 665. The summed E-state index contributed by atoms with van der Waals surface area (Å²) < 4.78 is 5.61. The molecule has 126 valence electrons. The first-order valence-electron chi connectivity index (χ1n) is 7.90. The van der Waals surface area contributed by atoms with E-state index in [2.05, 4.69) is 16.7 Å². The molecule has 0 aliphatic carbocycles. The predicted molar refractivity (Wildman–Crippen MR) is 95.1 cm³/mol. The van der Waals surface area contributed by atoms with Gasteiger partial charge in [0.25, 0.3) is 5.91 Å². The molecule has 24 heavy (non-hydrogen) atoms. The standard InChI is InChI=1S/C18H21N3O2S/c19-8-1-2-11-23-16-6-3-5-15(13-16)14-20-9-10-21-18(22)17-7-4-12-24-17/h3-7,12-13,20H,1-2,9-11,14H2,(H,21,22). The fourth-order valence-electron chi connectivity index (χ4n) is 2.08. The summed E-state index contributed by atoms with van der Waals surface area (Å²) in [6, 6.07) is 13.7. The summed E-state index contributed by atoms with van der Waals surface area (Å²) in [5, 5.41) is 16.6. The van der Waals surface area contributed by atoms with Crippen molar-refractivity contribution in [2.45, 2.75) is 19.4 Å². The molecule has 0 atom stereocenters. The minimum absolute atomic E-state index is 0.0282. The molecule has 0 radical (unpaired) electrons. The van der Waals surface area contributed by atoms with Crippen molar-refractivity contribution in [3.05, 3.63) is 52.2 Å². The van der Waals surface area contributed by atoms with E-state index in [1.807, 2.05) is 41.8 Å². The van der Waals surface area contributed by atoms with E-state index in [4.69, 9.17) is 10.00 Å². The molecule has 0 unspecified atom stereocenters. The van der Waals surface area contributed by atoms with E-state index < -0.39 is 0 Å². The van der Waals surface area contributed by atoms with E-state index in [1.54, 1.807) is 0 Å². The summed E-state index contributed by atoms with van der Waals surface area (Å²) in [6.07, 6.45) is 1.25. The van der Waals surface area contributed by atoms with Crippen molar-refractivity contribution in [2.24, 2.45) is 0 Å². The van der Waals surface area contributed by atoms with Gasteiger partial charge in [-0.25, -0.2) is 0 Å². The van der Waals surface area contributed by atoms with Crippen molar-refractivity contribution < 1.29 is 9.53 Å². The lowest BCUT2D eigenvalue weighted by Crippen LogP contribution is -2.31. The molecule has 1 amide bonds. The largest absolute Gasteiger partial charge is 0.494 e. The van der Waals surface area contributed by atoms with Crippen LogP contribution in [-0.2, 0) is 6.54 Å². The molecule has 2 N–H and O–H groups in total. The second kappa shape index (κ2) is 10.4. The minimum atomic E-state index is -0.0282. The van der Waals surface area contributed by atoms with Crippen molar-refractivity contribution in [1.82, 2.24) is 10.6 Å². The van der Waals surface area contributed by atoms with E-state index in [1.165, 1.54) is 11.3 Å². The number of benzene rings is 1. The summed E-state index contributed by atoms with van der Waals surface area (Å²) >= 11 is 1.44. The van der Waals surface area contributed by atoms with Crippen LogP contribution < -0.4 is 15.4 Å². The monoisotopic (exact) mass is 343 g/mol. The zero-order valence-electron chi connectivity index (χ0n) is 13.5. The Hall–Kier alpha value is -2.36. The van der Waals surface area contributed by atoms with Crippen LogP contribution in [-0.4, -0.2) is 25.6 Å². The quantitative estimate of drug-likeness (QED) is 0.651. The van der Waals surface area contributed by atoms with Gasteiger partial charge in [-0.3, -0.25) is 4.79 Å². The second-order valence-corrected chi connectivity index (χ2v) is 6.12. The van der Waals surface area contributed by atoms with Crippen molar-refractivity contribution in [3.8, 4) is 11.8 Å². The van der Waals surface area contributed by atoms with Gasteiger partial charge in [-0.1, -0.05) is 18.2 Å². The summed E-state index contributed by atoms with van der Waals surface area (Å²) in [4.78, 5) is 12.5. The van der Waals surface area contributed by atoms with Crippen LogP contribution in [0.25, 0.3) is 0 Å². The third kappa shape index (κ3) is 6.41. The number of nitriles is 1. The number of nitrogens with zero attached hydrogens (tertiary/aromatic N) is 1. The molecule has 0 aliphatic heterocycles. The normalized spacial score (nSPS) is 10.1. The molecule has 2 aromatic rings. The average Bonchev–Trinajstić information content (AvgIpc) is 3.13. The molecule has 0 fully saturated rings. The summed E-state index contributed by atoms with van der Waals surface area (Å²) in [6.45, 7) is 2.55. The van der Waals surface area contributed by atoms with E-state index in [0.717, 1.165) is 22.6 Å². The fourth-order valence-corrected chi connectivity index (χ4v) is 2.72. The van der Waals surface area contributed by atoms with Crippen molar-refractivity contribution in [1.29, 1.82) is 5.26 Å². The number of hydrogen-bond donors (Lipinski definition) is 2. The average molecular weight is 343 g/mol. The third-order valence-electron chi connectivity index (χ3n) is 3.26. The first kappa shape index (κ1) is 18.0. The number of rotatable bonds is 10. The van der Waals surface area contributed by atoms with E-state index >= 15 is 0 Å². The Morgan fingerprint density at radius 1 is 1.25 bits per heavy atom. The van der Waals surface area contributed by atoms with Gasteiger partial charge in [0.1, 0.15) is 5.75 Å².